The summed E-state index contributed by atoms with van der Waals surface area (Å²) in [7, 11) is -3.46. The fourth-order valence-electron chi connectivity index (χ4n) is 1.47. The molecular weight excluding hydrogens is 240 g/mol. The lowest BCUT2D eigenvalue weighted by Gasteiger charge is -2.02. The van der Waals surface area contributed by atoms with Crippen LogP contribution in [0.4, 0.5) is 0 Å². The molecule has 0 radical (unpaired) electrons. The lowest BCUT2D eigenvalue weighted by Crippen LogP contribution is -2.25. The molecule has 17 heavy (non-hydrogen) atoms. The summed E-state index contributed by atoms with van der Waals surface area (Å²) < 4.78 is 31.5. The van der Waals surface area contributed by atoms with Crippen LogP contribution in [0.3, 0.4) is 0 Å². The lowest BCUT2D eigenvalue weighted by atomic mass is 10.4. The van der Waals surface area contributed by atoms with Crippen molar-refractivity contribution in [1.82, 2.24) is 10.0 Å². The lowest BCUT2D eigenvalue weighted by molar-refractivity contribution is 0.401. The van der Waals surface area contributed by atoms with Gasteiger partial charge in [-0.3, -0.25) is 0 Å². The summed E-state index contributed by atoms with van der Waals surface area (Å²) in [4.78, 5) is 0. The van der Waals surface area contributed by atoms with Gasteiger partial charge < -0.3 is 9.73 Å². The summed E-state index contributed by atoms with van der Waals surface area (Å²) >= 11 is 0. The highest BCUT2D eigenvalue weighted by Gasteiger charge is 2.25. The molecule has 0 amide bonds. The molecule has 1 aromatic heterocycles. The monoisotopic (exact) mass is 258 g/mol. The highest BCUT2D eigenvalue weighted by Crippen LogP contribution is 2.28. The summed E-state index contributed by atoms with van der Waals surface area (Å²) in [6, 6.07) is 3.19. The van der Waals surface area contributed by atoms with Crippen LogP contribution in [0.25, 0.3) is 0 Å². The normalized spacial score (nSPS) is 16.3. The first-order valence-electron chi connectivity index (χ1n) is 5.91. The van der Waals surface area contributed by atoms with E-state index in [4.69, 9.17) is 4.42 Å². The van der Waals surface area contributed by atoms with Gasteiger partial charge in [0.15, 0.2) is 0 Å². The fraction of sp³-hybridized carbons (Fsp3) is 0.636. The molecule has 0 aliphatic heterocycles. The molecule has 0 aromatic carbocycles. The van der Waals surface area contributed by atoms with Crippen LogP contribution in [0.1, 0.15) is 25.5 Å². The van der Waals surface area contributed by atoms with Crippen molar-refractivity contribution in [2.45, 2.75) is 31.4 Å². The van der Waals surface area contributed by atoms with Crippen molar-refractivity contribution < 1.29 is 12.8 Å². The molecule has 2 N–H and O–H groups in total. The molecule has 2 rings (SSSR count). The van der Waals surface area contributed by atoms with Gasteiger partial charge in [-0.05, 0) is 37.4 Å². The first-order valence-corrected chi connectivity index (χ1v) is 7.39. The zero-order chi connectivity index (χ0) is 12.3. The number of sulfonamides is 1. The van der Waals surface area contributed by atoms with Crippen LogP contribution < -0.4 is 10.0 Å². The minimum Gasteiger partial charge on any atom is -0.447 e. The summed E-state index contributed by atoms with van der Waals surface area (Å²) in [6.07, 6.45) is 2.23. The largest absolute Gasteiger partial charge is 0.447 e. The van der Waals surface area contributed by atoms with Crippen molar-refractivity contribution in [1.29, 1.82) is 0 Å². The van der Waals surface area contributed by atoms with Gasteiger partial charge in [0.1, 0.15) is 5.76 Å². The van der Waals surface area contributed by atoms with Gasteiger partial charge >= 0.3 is 0 Å². The number of rotatable bonds is 7. The second-order valence-electron chi connectivity index (χ2n) is 4.30. The molecule has 1 saturated carbocycles. The maximum atomic E-state index is 11.8. The molecule has 0 bridgehead atoms. The molecule has 6 heteroatoms. The first kappa shape index (κ1) is 12.6. The van der Waals surface area contributed by atoms with Crippen LogP contribution in [0.5, 0.6) is 0 Å². The zero-order valence-electron chi connectivity index (χ0n) is 9.90. The van der Waals surface area contributed by atoms with Crippen LogP contribution >= 0.6 is 0 Å². The zero-order valence-corrected chi connectivity index (χ0v) is 10.7. The Hall–Kier alpha value is -0.850. The molecule has 1 fully saturated rings. The highest BCUT2D eigenvalue weighted by atomic mass is 32.2. The molecule has 96 valence electrons. The average Bonchev–Trinajstić information content (AvgIpc) is 3.01. The number of hydrogen-bond donors (Lipinski definition) is 2. The van der Waals surface area contributed by atoms with Crippen LogP contribution in [-0.4, -0.2) is 21.5 Å². The fourth-order valence-corrected chi connectivity index (χ4v) is 2.53. The van der Waals surface area contributed by atoms with Gasteiger partial charge in [-0.15, -0.1) is 0 Å². The Morgan fingerprint density at radius 3 is 2.82 bits per heavy atom. The Balaban J connectivity index is 1.96. The van der Waals surface area contributed by atoms with E-state index in [1.807, 2.05) is 6.92 Å². The van der Waals surface area contributed by atoms with E-state index in [0.29, 0.717) is 24.8 Å². The predicted octanol–water partition coefficient (Wildman–Crippen LogP) is 1.08. The molecular formula is C11H18N2O3S. The molecule has 1 heterocycles. The van der Waals surface area contributed by atoms with Gasteiger partial charge in [0.05, 0.1) is 6.54 Å². The van der Waals surface area contributed by atoms with Crippen LogP contribution in [0.15, 0.2) is 21.6 Å². The topological polar surface area (TPSA) is 71.3 Å². The van der Waals surface area contributed by atoms with Gasteiger partial charge in [0, 0.05) is 6.54 Å². The third kappa shape index (κ3) is 3.55. The van der Waals surface area contributed by atoms with Gasteiger partial charge in [-0.1, -0.05) is 6.92 Å². The molecule has 0 saturated heterocycles. The Kier molecular flexibility index (Phi) is 3.86. The second kappa shape index (κ2) is 5.20. The van der Waals surface area contributed by atoms with Crippen molar-refractivity contribution in [3.63, 3.8) is 0 Å². The van der Waals surface area contributed by atoms with E-state index in [9.17, 15) is 8.42 Å². The van der Waals surface area contributed by atoms with Gasteiger partial charge in [-0.25, -0.2) is 13.1 Å². The Morgan fingerprint density at radius 1 is 1.41 bits per heavy atom. The average molecular weight is 258 g/mol. The summed E-state index contributed by atoms with van der Waals surface area (Å²) in [5.74, 6) is 1.15. The van der Waals surface area contributed by atoms with Crippen molar-refractivity contribution in [2.75, 3.05) is 13.1 Å². The minimum absolute atomic E-state index is 0.00560. The van der Waals surface area contributed by atoms with Crippen LogP contribution in [0.2, 0.25) is 0 Å². The third-order valence-corrected chi connectivity index (χ3v) is 4.01. The Labute approximate surface area is 102 Å². The maximum Gasteiger partial charge on any atom is 0.273 e. The van der Waals surface area contributed by atoms with E-state index < -0.39 is 10.0 Å². The number of furan rings is 1. The van der Waals surface area contributed by atoms with E-state index in [0.717, 1.165) is 19.4 Å². The molecule has 1 aliphatic carbocycles. The highest BCUT2D eigenvalue weighted by molar-refractivity contribution is 7.89. The van der Waals surface area contributed by atoms with Crippen LogP contribution in [0, 0.1) is 5.92 Å². The van der Waals surface area contributed by atoms with Gasteiger partial charge in [0.25, 0.3) is 10.0 Å². The standard InChI is InChI=1S/C11H18N2O3S/c1-2-12-8-10-5-6-11(16-10)17(14,15)13-7-9-3-4-9/h5-6,9,12-13H,2-4,7-8H2,1H3. The van der Waals surface area contributed by atoms with E-state index in [2.05, 4.69) is 10.0 Å². The molecule has 0 atom stereocenters. The van der Waals surface area contributed by atoms with Gasteiger partial charge in [0.2, 0.25) is 5.09 Å². The molecule has 1 aromatic rings. The first-order chi connectivity index (χ1) is 8.12. The molecule has 5 nitrogen and oxygen atoms in total. The number of nitrogens with one attached hydrogen (secondary N) is 2. The molecule has 1 aliphatic rings. The summed E-state index contributed by atoms with van der Waals surface area (Å²) in [5, 5.41) is 3.09. The van der Waals surface area contributed by atoms with Crippen molar-refractivity contribution in [3.8, 4) is 0 Å². The SMILES string of the molecule is CCNCc1ccc(S(=O)(=O)NCC2CC2)o1. The van der Waals surface area contributed by atoms with Crippen molar-refractivity contribution in [3.05, 3.63) is 17.9 Å². The van der Waals surface area contributed by atoms with E-state index in [1.54, 1.807) is 6.07 Å². The maximum absolute atomic E-state index is 11.8. The second-order valence-corrected chi connectivity index (χ2v) is 5.99. The minimum atomic E-state index is -3.46. The molecule has 0 unspecified atom stereocenters. The van der Waals surface area contributed by atoms with E-state index in [-0.39, 0.29) is 5.09 Å². The van der Waals surface area contributed by atoms with Crippen molar-refractivity contribution >= 4 is 10.0 Å². The van der Waals surface area contributed by atoms with Crippen molar-refractivity contribution in [2.24, 2.45) is 5.92 Å². The quantitative estimate of drug-likeness (QED) is 0.767. The Bertz CT molecular complexity index is 463. The molecule has 0 spiro atoms. The Morgan fingerprint density at radius 2 is 2.18 bits per heavy atom. The number of hydrogen-bond acceptors (Lipinski definition) is 4. The summed E-state index contributed by atoms with van der Waals surface area (Å²) in [5.41, 5.74) is 0. The summed E-state index contributed by atoms with van der Waals surface area (Å²) in [6.45, 7) is 3.88. The van der Waals surface area contributed by atoms with E-state index in [1.165, 1.54) is 6.07 Å². The predicted molar refractivity (Wildman–Crippen MR) is 64.0 cm³/mol. The van der Waals surface area contributed by atoms with E-state index >= 15 is 0 Å². The smallest absolute Gasteiger partial charge is 0.273 e. The van der Waals surface area contributed by atoms with Gasteiger partial charge in [-0.2, -0.15) is 0 Å². The van der Waals surface area contributed by atoms with Crippen LogP contribution in [-0.2, 0) is 16.6 Å². The third-order valence-electron chi connectivity index (χ3n) is 2.71.